The van der Waals surface area contributed by atoms with E-state index in [1.807, 2.05) is 30.3 Å². The Labute approximate surface area is 269 Å². The number of thiophene rings is 1. The van der Waals surface area contributed by atoms with E-state index in [0.717, 1.165) is 22.5 Å². The fraction of sp³-hybridized carbons (Fsp3) is 0.259. The van der Waals surface area contributed by atoms with Crippen LogP contribution >= 0.6 is 22.9 Å². The maximum Gasteiger partial charge on any atom is 0.490 e. The molecule has 0 fully saturated rings. The van der Waals surface area contributed by atoms with E-state index in [0.29, 0.717) is 34.1 Å². The number of nitrogens with zero attached hydrogens (tertiary/aromatic N) is 2. The van der Waals surface area contributed by atoms with E-state index >= 15 is 0 Å². The van der Waals surface area contributed by atoms with Crippen molar-refractivity contribution in [2.45, 2.75) is 35.9 Å². The van der Waals surface area contributed by atoms with Crippen LogP contribution in [0.3, 0.4) is 0 Å². The number of ether oxygens (including phenoxy) is 1. The van der Waals surface area contributed by atoms with Crippen LogP contribution in [0.2, 0.25) is 4.34 Å². The minimum absolute atomic E-state index is 0.0664. The third kappa shape index (κ3) is 9.56. The van der Waals surface area contributed by atoms with Crippen molar-refractivity contribution in [2.24, 2.45) is 5.73 Å². The minimum atomic E-state index is -5.08. The van der Waals surface area contributed by atoms with Gasteiger partial charge in [0, 0.05) is 13.6 Å². The first-order valence-corrected chi connectivity index (χ1v) is 15.7. The smallest absolute Gasteiger partial charge is 0.490 e. The second-order valence-electron chi connectivity index (χ2n) is 9.37. The van der Waals surface area contributed by atoms with Gasteiger partial charge in [0.15, 0.2) is 5.82 Å². The van der Waals surface area contributed by atoms with Gasteiger partial charge >= 0.3 is 12.1 Å². The van der Waals surface area contributed by atoms with E-state index in [9.17, 15) is 31.2 Å². The van der Waals surface area contributed by atoms with Crippen molar-refractivity contribution < 1.29 is 45.8 Å². The number of nitrogens with two attached hydrogens (primary N) is 1. The van der Waals surface area contributed by atoms with Gasteiger partial charge in [-0.2, -0.15) is 18.3 Å². The fourth-order valence-electron chi connectivity index (χ4n) is 4.06. The third-order valence-corrected chi connectivity index (χ3v) is 9.15. The van der Waals surface area contributed by atoms with E-state index < -0.39 is 34.1 Å². The summed E-state index contributed by atoms with van der Waals surface area (Å²) in [6.45, 7) is 0.644. The van der Waals surface area contributed by atoms with Crippen LogP contribution in [0.25, 0.3) is 10.9 Å². The largest absolute Gasteiger partial charge is 0.496 e. The summed E-state index contributed by atoms with van der Waals surface area (Å²) in [6, 6.07) is 15.2. The highest BCUT2D eigenvalue weighted by atomic mass is 35.5. The number of carbonyl (C=O) groups excluding carboxylic acids is 2. The third-order valence-electron chi connectivity index (χ3n) is 6.09. The molecule has 0 saturated carbocycles. The Morgan fingerprint density at radius 3 is 2.35 bits per heavy atom. The molecule has 1 atom stereocenters. The van der Waals surface area contributed by atoms with E-state index in [2.05, 4.69) is 20.5 Å². The molecule has 0 saturated heterocycles. The van der Waals surface area contributed by atoms with Crippen LogP contribution in [-0.4, -0.2) is 67.5 Å². The molecule has 2 aromatic heterocycles. The summed E-state index contributed by atoms with van der Waals surface area (Å²) in [5.74, 6) is -3.08. The number of carbonyl (C=O) groups is 3. The fourth-order valence-corrected chi connectivity index (χ4v) is 6.56. The maximum atomic E-state index is 13.0. The molecule has 0 aliphatic rings. The van der Waals surface area contributed by atoms with Crippen LogP contribution in [0.1, 0.15) is 17.5 Å². The summed E-state index contributed by atoms with van der Waals surface area (Å²) in [7, 11) is -0.934. The molecule has 0 aliphatic heterocycles. The van der Waals surface area contributed by atoms with Gasteiger partial charge in [0.05, 0.1) is 41.4 Å². The number of alkyl halides is 3. The van der Waals surface area contributed by atoms with Crippen molar-refractivity contribution in [1.82, 2.24) is 20.4 Å². The Balaban J connectivity index is 0.000000738. The van der Waals surface area contributed by atoms with Gasteiger partial charge in [-0.15, -0.1) is 11.3 Å². The molecule has 13 nitrogen and oxygen atoms in total. The molecular weight excluding hydrogens is 677 g/mol. The Bertz CT molecular complexity index is 1830. The molecule has 46 heavy (non-hydrogen) atoms. The predicted octanol–water partition coefficient (Wildman–Crippen LogP) is 3.32. The first-order chi connectivity index (χ1) is 21.5. The van der Waals surface area contributed by atoms with Gasteiger partial charge < -0.3 is 26.2 Å². The summed E-state index contributed by atoms with van der Waals surface area (Å²) in [5, 5.41) is 17.8. The molecule has 2 heterocycles. The lowest BCUT2D eigenvalue weighted by atomic mass is 10.1. The molecule has 0 radical (unpaired) electrons. The van der Waals surface area contributed by atoms with Crippen LogP contribution in [0.4, 0.5) is 19.0 Å². The second kappa shape index (κ2) is 15.3. The number of rotatable bonds is 12. The van der Waals surface area contributed by atoms with Gasteiger partial charge in [-0.25, -0.2) is 13.2 Å². The number of carboxylic acid groups (broad SMARTS) is 1. The number of aromatic nitrogens is 2. The number of hydrogen-bond donors (Lipinski definition) is 5. The number of fused-ring (bicyclic) bond motifs is 1. The zero-order chi connectivity index (χ0) is 34.2. The Kier molecular flexibility index (Phi) is 12.0. The van der Waals surface area contributed by atoms with E-state index in [1.165, 1.54) is 26.3 Å². The molecule has 6 N–H and O–H groups in total. The molecule has 0 unspecified atom stereocenters. The number of anilines is 1. The topological polar surface area (TPSA) is 195 Å². The summed E-state index contributed by atoms with van der Waals surface area (Å²) < 4.78 is 68.0. The van der Waals surface area contributed by atoms with Crippen LogP contribution in [0.5, 0.6) is 5.75 Å². The molecule has 0 bridgehead atoms. The number of benzene rings is 2. The number of sulfonamides is 1. The molecule has 19 heteroatoms. The van der Waals surface area contributed by atoms with Crippen molar-refractivity contribution in [3.63, 3.8) is 0 Å². The van der Waals surface area contributed by atoms with Gasteiger partial charge in [-0.05, 0) is 35.4 Å². The van der Waals surface area contributed by atoms with Crippen molar-refractivity contribution >= 4 is 67.5 Å². The standard InChI is InChI=1S/C25H27ClN6O5S2.C2HF3O2/c1-28-25(34)17(12-21(27)33)29-13-15-5-3-6-16(11-15)14-32-18-7-4-8-19(37-2)23(18)24(30-32)31-39(35,36)22-10-9-20(26)38-22;3-2(4,5)1(6)7/h3-11,17,29H,12-14H2,1-2H3,(H2,27,33)(H,28,34)(H,30,31);(H,6,7)/t17-;/m0./s1. The van der Waals surface area contributed by atoms with Crippen molar-refractivity contribution in [1.29, 1.82) is 0 Å². The van der Waals surface area contributed by atoms with Crippen LogP contribution in [-0.2, 0) is 37.5 Å². The van der Waals surface area contributed by atoms with Crippen LogP contribution in [0, 0.1) is 0 Å². The maximum absolute atomic E-state index is 13.0. The number of methoxy groups -OCH3 is 1. The quantitative estimate of drug-likeness (QED) is 0.147. The number of hydrogen-bond acceptors (Lipinski definition) is 9. The predicted molar refractivity (Wildman–Crippen MR) is 164 cm³/mol. The number of primary amides is 1. The van der Waals surface area contributed by atoms with Crippen LogP contribution in [0.15, 0.2) is 58.8 Å². The molecular formula is C27H28ClF3N6O7S2. The van der Waals surface area contributed by atoms with Gasteiger partial charge in [0.2, 0.25) is 11.8 Å². The normalized spacial score (nSPS) is 12.1. The first kappa shape index (κ1) is 36.1. The van der Waals surface area contributed by atoms with Gasteiger partial charge in [0.1, 0.15) is 9.96 Å². The number of amides is 2. The molecule has 0 spiro atoms. The van der Waals surface area contributed by atoms with Crippen molar-refractivity contribution in [2.75, 3.05) is 18.9 Å². The molecule has 0 aliphatic carbocycles. The molecule has 4 aromatic rings. The van der Waals surface area contributed by atoms with E-state index in [1.54, 1.807) is 16.8 Å². The Morgan fingerprint density at radius 2 is 1.78 bits per heavy atom. The highest BCUT2D eigenvalue weighted by Crippen LogP contribution is 2.35. The first-order valence-electron chi connectivity index (χ1n) is 13.0. The van der Waals surface area contributed by atoms with Gasteiger partial charge in [0.25, 0.3) is 10.0 Å². The Morgan fingerprint density at radius 1 is 1.13 bits per heavy atom. The lowest BCUT2D eigenvalue weighted by molar-refractivity contribution is -0.192. The van der Waals surface area contributed by atoms with E-state index in [4.69, 9.17) is 32.0 Å². The molecule has 248 valence electrons. The molecule has 4 rings (SSSR count). The minimum Gasteiger partial charge on any atom is -0.496 e. The second-order valence-corrected chi connectivity index (χ2v) is 13.0. The highest BCUT2D eigenvalue weighted by Gasteiger charge is 2.38. The Hall–Kier alpha value is -4.39. The average Bonchev–Trinajstić information content (AvgIpc) is 3.58. The van der Waals surface area contributed by atoms with Crippen LogP contribution < -0.4 is 25.8 Å². The van der Waals surface area contributed by atoms with Gasteiger partial charge in [-0.3, -0.25) is 19.0 Å². The number of aliphatic carboxylic acids is 1. The lowest BCUT2D eigenvalue weighted by Crippen LogP contribution is -2.44. The van der Waals surface area contributed by atoms with Crippen molar-refractivity contribution in [3.05, 3.63) is 70.1 Å². The summed E-state index contributed by atoms with van der Waals surface area (Å²) in [6.07, 6.45) is -5.21. The number of nitrogens with one attached hydrogen (secondary N) is 3. The van der Waals surface area contributed by atoms with E-state index in [-0.39, 0.29) is 22.4 Å². The molecule has 2 amide bonds. The number of likely N-dealkylation sites (N-methyl/N-ethyl adjacent to an activating group) is 1. The SMILES string of the molecule is CNC(=O)[C@H](CC(N)=O)NCc1cccc(Cn2nc(NS(=O)(=O)c3ccc(Cl)s3)c3c(OC)cccc32)c1.O=C(O)C(F)(F)F. The molecule has 2 aromatic carbocycles. The lowest BCUT2D eigenvalue weighted by Gasteiger charge is -2.16. The number of halogens is 4. The summed E-state index contributed by atoms with van der Waals surface area (Å²) in [4.78, 5) is 32.3. The van der Waals surface area contributed by atoms with Gasteiger partial charge in [-0.1, -0.05) is 41.9 Å². The zero-order valence-electron chi connectivity index (χ0n) is 24.1. The summed E-state index contributed by atoms with van der Waals surface area (Å²) in [5.41, 5.74) is 7.70. The highest BCUT2D eigenvalue weighted by molar-refractivity contribution is 7.94. The average molecular weight is 705 g/mol. The number of carboxylic acids is 1. The van der Waals surface area contributed by atoms with Crippen molar-refractivity contribution in [3.8, 4) is 5.75 Å². The summed E-state index contributed by atoms with van der Waals surface area (Å²) >= 11 is 6.89. The zero-order valence-corrected chi connectivity index (χ0v) is 26.5. The monoisotopic (exact) mass is 704 g/mol.